The van der Waals surface area contributed by atoms with E-state index in [-0.39, 0.29) is 23.5 Å². The van der Waals surface area contributed by atoms with E-state index in [1.165, 1.54) is 6.92 Å². The molecule has 0 saturated heterocycles. The first-order chi connectivity index (χ1) is 15.3. The quantitative estimate of drug-likeness (QED) is 0.351. The number of fused-ring (bicyclic) bond motifs is 1. The third kappa shape index (κ3) is 4.18. The van der Waals surface area contributed by atoms with Crippen molar-refractivity contribution in [2.45, 2.75) is 40.0 Å². The Kier molecular flexibility index (Phi) is 5.89. The van der Waals surface area contributed by atoms with Gasteiger partial charge in [0.1, 0.15) is 18.1 Å². The van der Waals surface area contributed by atoms with Crippen molar-refractivity contribution < 1.29 is 27.6 Å². The Morgan fingerprint density at radius 1 is 1.12 bits per heavy atom. The Bertz CT molecular complexity index is 1230. The fraction of sp³-hybridized carbons (Fsp3) is 0.261. The Labute approximate surface area is 182 Å². The number of aryl methyl sites for hydroxylation is 2. The molecular formula is C23H21F2N3O4. The fourth-order valence-electron chi connectivity index (χ4n) is 3.39. The minimum Gasteiger partial charge on any atom is -0.489 e. The zero-order chi connectivity index (χ0) is 22.8. The Morgan fingerprint density at radius 3 is 2.50 bits per heavy atom. The average Bonchev–Trinajstić information content (AvgIpc) is 3.32. The second-order valence-corrected chi connectivity index (χ2v) is 7.27. The number of nitrogens with zero attached hydrogens (tertiary/aromatic N) is 3. The number of esters is 1. The van der Waals surface area contributed by atoms with Gasteiger partial charge in [0.15, 0.2) is 11.9 Å². The molecule has 32 heavy (non-hydrogen) atoms. The first-order valence-electron chi connectivity index (χ1n) is 9.95. The molecule has 0 saturated carbocycles. The van der Waals surface area contributed by atoms with Crippen LogP contribution in [0.2, 0.25) is 0 Å². The van der Waals surface area contributed by atoms with Gasteiger partial charge in [-0.3, -0.25) is 4.57 Å². The number of alkyl halides is 2. The van der Waals surface area contributed by atoms with Crippen LogP contribution in [-0.2, 0) is 11.3 Å². The molecule has 7 nitrogen and oxygen atoms in total. The third-order valence-electron chi connectivity index (χ3n) is 5.12. The van der Waals surface area contributed by atoms with Crippen molar-refractivity contribution in [1.82, 2.24) is 14.7 Å². The smallest absolute Gasteiger partial charge is 0.338 e. The molecule has 0 spiro atoms. The lowest BCUT2D eigenvalue weighted by Crippen LogP contribution is -2.14. The molecule has 2 heterocycles. The molecule has 0 N–H and O–H groups in total. The number of ether oxygens (including phenoxy) is 2. The van der Waals surface area contributed by atoms with E-state index in [1.807, 2.05) is 6.92 Å². The topological polar surface area (TPSA) is 79.4 Å². The lowest BCUT2D eigenvalue weighted by molar-refractivity contribution is 0.0233. The van der Waals surface area contributed by atoms with Crippen molar-refractivity contribution in [3.05, 3.63) is 76.9 Å². The van der Waals surface area contributed by atoms with Gasteiger partial charge >= 0.3 is 12.5 Å². The molecule has 4 rings (SSSR count). The summed E-state index contributed by atoms with van der Waals surface area (Å²) >= 11 is 0. The fourth-order valence-corrected chi connectivity index (χ4v) is 3.39. The highest BCUT2D eigenvalue weighted by atomic mass is 19.3. The highest BCUT2D eigenvalue weighted by Gasteiger charge is 2.24. The SMILES string of the molecule is Cc1noc(C)c1COc1ccc(C(=O)OC(C)c2nc3ccccc3n2C(F)F)cc1. The first kappa shape index (κ1) is 21.5. The largest absolute Gasteiger partial charge is 0.489 e. The van der Waals surface area contributed by atoms with Crippen LogP contribution in [0.1, 0.15) is 52.8 Å². The molecule has 0 fully saturated rings. The molecule has 0 aliphatic heterocycles. The summed E-state index contributed by atoms with van der Waals surface area (Å²) < 4.78 is 44.3. The molecular weight excluding hydrogens is 420 g/mol. The van der Waals surface area contributed by atoms with Crippen LogP contribution in [-0.4, -0.2) is 20.7 Å². The van der Waals surface area contributed by atoms with Crippen molar-refractivity contribution in [3.63, 3.8) is 0 Å². The number of halogens is 2. The van der Waals surface area contributed by atoms with Gasteiger partial charge in [0.05, 0.1) is 27.9 Å². The molecule has 1 atom stereocenters. The summed E-state index contributed by atoms with van der Waals surface area (Å²) in [7, 11) is 0. The summed E-state index contributed by atoms with van der Waals surface area (Å²) in [5, 5.41) is 3.88. The van der Waals surface area contributed by atoms with Gasteiger partial charge in [-0.25, -0.2) is 9.78 Å². The molecule has 1 unspecified atom stereocenters. The highest BCUT2D eigenvalue weighted by Crippen LogP contribution is 2.29. The number of benzene rings is 2. The van der Waals surface area contributed by atoms with Crippen LogP contribution in [0.4, 0.5) is 8.78 Å². The number of carbonyl (C=O) groups is 1. The number of imidazole rings is 1. The molecule has 0 radical (unpaired) electrons. The van der Waals surface area contributed by atoms with E-state index < -0.39 is 18.6 Å². The number of carbonyl (C=O) groups excluding carboxylic acids is 1. The van der Waals surface area contributed by atoms with E-state index in [4.69, 9.17) is 14.0 Å². The molecule has 0 aliphatic rings. The third-order valence-corrected chi connectivity index (χ3v) is 5.12. The van der Waals surface area contributed by atoms with Crippen molar-refractivity contribution in [3.8, 4) is 5.75 Å². The molecule has 2 aromatic carbocycles. The summed E-state index contributed by atoms with van der Waals surface area (Å²) in [5.41, 5.74) is 2.57. The van der Waals surface area contributed by atoms with Gasteiger partial charge < -0.3 is 14.0 Å². The number of aromatic nitrogens is 3. The second kappa shape index (κ2) is 8.78. The Morgan fingerprint density at radius 2 is 1.84 bits per heavy atom. The number of hydrogen-bond acceptors (Lipinski definition) is 6. The number of hydrogen-bond donors (Lipinski definition) is 0. The molecule has 166 valence electrons. The maximum atomic E-state index is 13.6. The molecule has 2 aromatic heterocycles. The van der Waals surface area contributed by atoms with E-state index >= 15 is 0 Å². The molecule has 0 aliphatic carbocycles. The van der Waals surface area contributed by atoms with Gasteiger partial charge in [-0.05, 0) is 57.2 Å². The van der Waals surface area contributed by atoms with Crippen LogP contribution in [0.25, 0.3) is 11.0 Å². The van der Waals surface area contributed by atoms with Crippen molar-refractivity contribution in [2.75, 3.05) is 0 Å². The van der Waals surface area contributed by atoms with Crippen LogP contribution in [0, 0.1) is 13.8 Å². The monoisotopic (exact) mass is 441 g/mol. The average molecular weight is 441 g/mol. The normalized spacial score (nSPS) is 12.3. The first-order valence-corrected chi connectivity index (χ1v) is 9.95. The van der Waals surface area contributed by atoms with Gasteiger partial charge in [0, 0.05) is 0 Å². The predicted octanol–water partition coefficient (Wildman–Crippen LogP) is 5.53. The van der Waals surface area contributed by atoms with Crippen LogP contribution in [0.15, 0.2) is 53.1 Å². The zero-order valence-corrected chi connectivity index (χ0v) is 17.7. The summed E-state index contributed by atoms with van der Waals surface area (Å²) in [5.74, 6) is 0.567. The predicted molar refractivity (Wildman–Crippen MR) is 112 cm³/mol. The van der Waals surface area contributed by atoms with Crippen molar-refractivity contribution >= 4 is 17.0 Å². The van der Waals surface area contributed by atoms with Gasteiger partial charge in [0.2, 0.25) is 0 Å². The lowest BCUT2D eigenvalue weighted by Gasteiger charge is -2.15. The standard InChI is InChI=1S/C23H21F2N3O4/c1-13-18(14(2)32-27-13)12-30-17-10-8-16(9-11-17)22(29)31-15(3)21-26-19-6-4-5-7-20(19)28(21)23(24)25/h4-11,15,23H,12H2,1-3H3. The van der Waals surface area contributed by atoms with Gasteiger partial charge in [-0.1, -0.05) is 17.3 Å². The minimum atomic E-state index is -2.81. The summed E-state index contributed by atoms with van der Waals surface area (Å²) in [6.07, 6.45) is -0.973. The maximum Gasteiger partial charge on any atom is 0.338 e. The molecule has 9 heteroatoms. The Balaban J connectivity index is 1.45. The van der Waals surface area contributed by atoms with Crippen LogP contribution < -0.4 is 4.74 Å². The molecule has 0 bridgehead atoms. The molecule has 4 aromatic rings. The van der Waals surface area contributed by atoms with Crippen LogP contribution in [0.3, 0.4) is 0 Å². The van der Waals surface area contributed by atoms with E-state index in [2.05, 4.69) is 10.1 Å². The van der Waals surface area contributed by atoms with Crippen molar-refractivity contribution in [1.29, 1.82) is 0 Å². The number of para-hydroxylation sites is 2. The minimum absolute atomic E-state index is 0.0195. The van der Waals surface area contributed by atoms with Crippen LogP contribution >= 0.6 is 0 Å². The van der Waals surface area contributed by atoms with E-state index in [0.29, 0.717) is 17.0 Å². The van der Waals surface area contributed by atoms with E-state index in [1.54, 1.807) is 55.5 Å². The summed E-state index contributed by atoms with van der Waals surface area (Å²) in [6, 6.07) is 12.9. The van der Waals surface area contributed by atoms with Gasteiger partial charge in [-0.15, -0.1) is 0 Å². The maximum absolute atomic E-state index is 13.6. The van der Waals surface area contributed by atoms with Gasteiger partial charge in [0.25, 0.3) is 0 Å². The van der Waals surface area contributed by atoms with Gasteiger partial charge in [-0.2, -0.15) is 8.78 Å². The highest BCUT2D eigenvalue weighted by molar-refractivity contribution is 5.89. The zero-order valence-electron chi connectivity index (χ0n) is 17.7. The summed E-state index contributed by atoms with van der Waals surface area (Å²) in [4.78, 5) is 16.8. The lowest BCUT2D eigenvalue weighted by atomic mass is 10.2. The van der Waals surface area contributed by atoms with Crippen molar-refractivity contribution in [2.24, 2.45) is 0 Å². The Hall–Kier alpha value is -3.75. The number of rotatable bonds is 7. The molecule has 0 amide bonds. The van der Waals surface area contributed by atoms with E-state index in [0.717, 1.165) is 15.8 Å². The summed E-state index contributed by atoms with van der Waals surface area (Å²) in [6.45, 7) is 2.62. The van der Waals surface area contributed by atoms with Crippen LogP contribution in [0.5, 0.6) is 5.75 Å². The van der Waals surface area contributed by atoms with E-state index in [9.17, 15) is 13.6 Å². The second-order valence-electron chi connectivity index (χ2n) is 7.27.